The molecule has 4 N–H and O–H groups in total. The maximum absolute atomic E-state index is 8.84. The Hall–Kier alpha value is -1.73. The van der Waals surface area contributed by atoms with Crippen molar-refractivity contribution in [2.75, 3.05) is 24.2 Å². The van der Waals surface area contributed by atoms with Crippen molar-refractivity contribution in [3.63, 3.8) is 0 Å². The molecular weight excluding hydrogens is 190 g/mol. The lowest BCUT2D eigenvalue weighted by Gasteiger charge is -2.11. The molecule has 80 valence electrons. The van der Waals surface area contributed by atoms with Crippen molar-refractivity contribution in [1.82, 2.24) is 0 Å². The molecule has 0 saturated heterocycles. The molecule has 0 radical (unpaired) electrons. The van der Waals surface area contributed by atoms with E-state index in [0.29, 0.717) is 17.8 Å². The SMILES string of the molecule is CC(CO)CNc1ccc(C#N)c(N)c1. The third-order valence-corrected chi connectivity index (χ3v) is 2.14. The zero-order chi connectivity index (χ0) is 11.3. The van der Waals surface area contributed by atoms with Crippen molar-refractivity contribution in [1.29, 1.82) is 5.26 Å². The highest BCUT2D eigenvalue weighted by Gasteiger charge is 2.02. The van der Waals surface area contributed by atoms with E-state index >= 15 is 0 Å². The summed E-state index contributed by atoms with van der Waals surface area (Å²) in [5, 5.41) is 20.7. The van der Waals surface area contributed by atoms with Crippen molar-refractivity contribution in [2.24, 2.45) is 5.92 Å². The summed E-state index contributed by atoms with van der Waals surface area (Å²) >= 11 is 0. The van der Waals surface area contributed by atoms with Gasteiger partial charge in [-0.3, -0.25) is 0 Å². The summed E-state index contributed by atoms with van der Waals surface area (Å²) in [4.78, 5) is 0. The van der Waals surface area contributed by atoms with Crippen LogP contribution >= 0.6 is 0 Å². The van der Waals surface area contributed by atoms with Gasteiger partial charge in [0.1, 0.15) is 6.07 Å². The predicted molar refractivity (Wildman–Crippen MR) is 60.3 cm³/mol. The van der Waals surface area contributed by atoms with E-state index in [1.54, 1.807) is 18.2 Å². The third-order valence-electron chi connectivity index (χ3n) is 2.14. The fourth-order valence-corrected chi connectivity index (χ4v) is 1.13. The van der Waals surface area contributed by atoms with Crippen molar-refractivity contribution >= 4 is 11.4 Å². The predicted octanol–water partition coefficient (Wildman–Crippen LogP) is 1.18. The van der Waals surface area contributed by atoms with Crippen molar-refractivity contribution in [3.05, 3.63) is 23.8 Å². The average molecular weight is 205 g/mol. The molecule has 0 spiro atoms. The van der Waals surface area contributed by atoms with E-state index in [2.05, 4.69) is 5.32 Å². The molecule has 1 aromatic carbocycles. The number of rotatable bonds is 4. The molecule has 0 bridgehead atoms. The van der Waals surface area contributed by atoms with E-state index in [4.69, 9.17) is 16.1 Å². The Bertz CT molecular complexity index is 371. The number of benzene rings is 1. The van der Waals surface area contributed by atoms with Crippen LogP contribution in [0.25, 0.3) is 0 Å². The van der Waals surface area contributed by atoms with Gasteiger partial charge in [-0.1, -0.05) is 6.92 Å². The highest BCUT2D eigenvalue weighted by molar-refractivity contribution is 5.62. The highest BCUT2D eigenvalue weighted by atomic mass is 16.3. The number of nitrogens with two attached hydrogens (primary N) is 1. The maximum atomic E-state index is 8.84. The van der Waals surface area contributed by atoms with Crippen molar-refractivity contribution < 1.29 is 5.11 Å². The van der Waals surface area contributed by atoms with Gasteiger partial charge in [-0.2, -0.15) is 5.26 Å². The summed E-state index contributed by atoms with van der Waals surface area (Å²) < 4.78 is 0. The number of nitriles is 1. The molecule has 1 atom stereocenters. The van der Waals surface area contributed by atoms with E-state index in [1.807, 2.05) is 13.0 Å². The van der Waals surface area contributed by atoms with Crippen LogP contribution in [0.3, 0.4) is 0 Å². The van der Waals surface area contributed by atoms with Gasteiger partial charge in [0, 0.05) is 18.8 Å². The monoisotopic (exact) mass is 205 g/mol. The molecule has 1 aromatic rings. The first kappa shape index (κ1) is 11.3. The molecule has 4 heteroatoms. The van der Waals surface area contributed by atoms with Crippen LogP contribution in [0, 0.1) is 17.2 Å². The molecule has 0 fully saturated rings. The van der Waals surface area contributed by atoms with Crippen LogP contribution in [-0.2, 0) is 0 Å². The second-order valence-corrected chi connectivity index (χ2v) is 3.58. The minimum atomic E-state index is 0.152. The van der Waals surface area contributed by atoms with Gasteiger partial charge in [-0.05, 0) is 24.1 Å². The van der Waals surface area contributed by atoms with Gasteiger partial charge < -0.3 is 16.2 Å². The summed E-state index contributed by atoms with van der Waals surface area (Å²) in [5.41, 5.74) is 7.48. The number of hydrogen-bond donors (Lipinski definition) is 3. The summed E-state index contributed by atoms with van der Waals surface area (Å²) in [7, 11) is 0. The van der Waals surface area contributed by atoms with E-state index in [9.17, 15) is 0 Å². The Balaban J connectivity index is 2.64. The van der Waals surface area contributed by atoms with Crippen LogP contribution in [0.4, 0.5) is 11.4 Å². The van der Waals surface area contributed by atoms with Gasteiger partial charge in [-0.15, -0.1) is 0 Å². The van der Waals surface area contributed by atoms with E-state index < -0.39 is 0 Å². The molecule has 1 unspecified atom stereocenters. The molecule has 0 aromatic heterocycles. The number of nitrogen functional groups attached to an aromatic ring is 1. The summed E-state index contributed by atoms with van der Waals surface area (Å²) in [6, 6.07) is 7.22. The van der Waals surface area contributed by atoms with Gasteiger partial charge >= 0.3 is 0 Å². The van der Waals surface area contributed by atoms with Crippen molar-refractivity contribution in [3.8, 4) is 6.07 Å². The number of nitrogens with zero attached hydrogens (tertiary/aromatic N) is 1. The molecule has 4 nitrogen and oxygen atoms in total. The third kappa shape index (κ3) is 3.15. The number of aliphatic hydroxyl groups excluding tert-OH is 1. The second-order valence-electron chi connectivity index (χ2n) is 3.58. The highest BCUT2D eigenvalue weighted by Crippen LogP contribution is 2.17. The fourth-order valence-electron chi connectivity index (χ4n) is 1.13. The second kappa shape index (κ2) is 5.23. The summed E-state index contributed by atoms with van der Waals surface area (Å²) in [6.45, 7) is 2.78. The van der Waals surface area contributed by atoms with Gasteiger partial charge in [0.25, 0.3) is 0 Å². The molecule has 0 heterocycles. The van der Waals surface area contributed by atoms with Crippen LogP contribution in [0.2, 0.25) is 0 Å². The van der Waals surface area contributed by atoms with Crippen LogP contribution < -0.4 is 11.1 Å². The molecule has 0 aliphatic carbocycles. The van der Waals surface area contributed by atoms with Crippen molar-refractivity contribution in [2.45, 2.75) is 6.92 Å². The lowest BCUT2D eigenvalue weighted by Crippen LogP contribution is -2.14. The molecular formula is C11H15N3O. The maximum Gasteiger partial charge on any atom is 0.101 e. The zero-order valence-corrected chi connectivity index (χ0v) is 8.70. The standard InChI is InChI=1S/C11H15N3O/c1-8(7-15)6-14-10-3-2-9(5-12)11(13)4-10/h2-4,8,14-15H,6-7,13H2,1H3. The Kier molecular flexibility index (Phi) is 3.95. The summed E-state index contributed by atoms with van der Waals surface area (Å²) in [6.07, 6.45) is 0. The topological polar surface area (TPSA) is 82.1 Å². The Morgan fingerprint density at radius 1 is 1.60 bits per heavy atom. The zero-order valence-electron chi connectivity index (χ0n) is 8.70. The van der Waals surface area contributed by atoms with Crippen LogP contribution in [0.5, 0.6) is 0 Å². The summed E-state index contributed by atoms with van der Waals surface area (Å²) in [5.74, 6) is 0.196. The minimum Gasteiger partial charge on any atom is -0.398 e. The lowest BCUT2D eigenvalue weighted by atomic mass is 10.1. The fraction of sp³-hybridized carbons (Fsp3) is 0.364. The molecule has 15 heavy (non-hydrogen) atoms. The number of aliphatic hydroxyl groups is 1. The van der Waals surface area contributed by atoms with E-state index in [1.165, 1.54) is 0 Å². The number of hydrogen-bond acceptors (Lipinski definition) is 4. The van der Waals surface area contributed by atoms with Crippen LogP contribution in [-0.4, -0.2) is 18.3 Å². The first-order valence-electron chi connectivity index (χ1n) is 4.81. The van der Waals surface area contributed by atoms with Gasteiger partial charge in [0.05, 0.1) is 11.3 Å². The average Bonchev–Trinajstić information content (AvgIpc) is 2.26. The van der Waals surface area contributed by atoms with Crippen LogP contribution in [0.1, 0.15) is 12.5 Å². The molecule has 0 aliphatic heterocycles. The molecule has 0 aliphatic rings. The molecule has 0 saturated carbocycles. The van der Waals surface area contributed by atoms with Gasteiger partial charge in [0.2, 0.25) is 0 Å². The Morgan fingerprint density at radius 3 is 2.87 bits per heavy atom. The lowest BCUT2D eigenvalue weighted by molar-refractivity contribution is 0.244. The Morgan fingerprint density at radius 2 is 2.33 bits per heavy atom. The van der Waals surface area contributed by atoms with Crippen LogP contribution in [0.15, 0.2) is 18.2 Å². The Labute approximate surface area is 89.3 Å². The number of nitrogens with one attached hydrogen (secondary N) is 1. The van der Waals surface area contributed by atoms with Gasteiger partial charge in [0.15, 0.2) is 0 Å². The largest absolute Gasteiger partial charge is 0.398 e. The molecule has 1 rings (SSSR count). The minimum absolute atomic E-state index is 0.152. The van der Waals surface area contributed by atoms with E-state index in [-0.39, 0.29) is 12.5 Å². The smallest absolute Gasteiger partial charge is 0.101 e. The van der Waals surface area contributed by atoms with E-state index in [0.717, 1.165) is 5.69 Å². The first-order valence-corrected chi connectivity index (χ1v) is 4.81. The first-order chi connectivity index (χ1) is 7.17. The molecule has 0 amide bonds. The number of anilines is 2. The normalized spacial score (nSPS) is 11.8. The quantitative estimate of drug-likeness (QED) is 0.645. The van der Waals surface area contributed by atoms with Gasteiger partial charge in [-0.25, -0.2) is 0 Å².